The zero-order valence-electron chi connectivity index (χ0n) is 7.04. The molecule has 1 atom stereocenters. The summed E-state index contributed by atoms with van der Waals surface area (Å²) < 4.78 is 28.8. The fraction of sp³-hybridized carbons (Fsp3) is 0.429. The molecule has 0 bridgehead atoms. The van der Waals surface area contributed by atoms with Gasteiger partial charge >= 0.3 is 5.97 Å². The molecular weight excluding hydrogens is 280 g/mol. The monoisotopic (exact) mass is 285 g/mol. The molecule has 0 aliphatic heterocycles. The molecule has 0 saturated heterocycles. The number of ether oxygens (including phenoxy) is 1. The van der Waals surface area contributed by atoms with E-state index in [1.807, 2.05) is 0 Å². The van der Waals surface area contributed by atoms with Crippen LogP contribution in [-0.2, 0) is 4.74 Å². The summed E-state index contributed by atoms with van der Waals surface area (Å²) in [6, 6.07) is 0. The van der Waals surface area contributed by atoms with Gasteiger partial charge in [0.1, 0.15) is 9.83 Å². The Morgan fingerprint density at radius 2 is 2.36 bits per heavy atom. The second-order valence-corrected chi connectivity index (χ2v) is 4.17. The average Bonchev–Trinajstić information content (AvgIpc) is 2.64. The van der Waals surface area contributed by atoms with Crippen LogP contribution in [0.1, 0.15) is 20.3 Å². The number of halogens is 3. The van der Waals surface area contributed by atoms with Crippen LogP contribution < -0.4 is 0 Å². The second kappa shape index (κ2) is 4.79. The van der Waals surface area contributed by atoms with Gasteiger partial charge in [0.05, 0.1) is 7.11 Å². The molecule has 0 radical (unpaired) electrons. The summed E-state index contributed by atoms with van der Waals surface area (Å²) in [5.41, 5.74) is 0.0533. The molecule has 1 heterocycles. The molecule has 0 aliphatic rings. The fourth-order valence-corrected chi connectivity index (χ4v) is 1.91. The van der Waals surface area contributed by atoms with Gasteiger partial charge in [0.2, 0.25) is 0 Å². The molecule has 1 aromatic rings. The zero-order chi connectivity index (χ0) is 10.7. The molecule has 3 nitrogen and oxygen atoms in total. The second-order valence-electron chi connectivity index (χ2n) is 2.30. The quantitative estimate of drug-likeness (QED) is 0.633. The molecule has 7 heteroatoms. The van der Waals surface area contributed by atoms with Crippen LogP contribution in [0.25, 0.3) is 0 Å². The Hall–Kier alpha value is -0.560. The first-order valence-corrected chi connectivity index (χ1v) is 5.31. The largest absolute Gasteiger partial charge is 0.464 e. The van der Waals surface area contributed by atoms with Crippen LogP contribution in [0.15, 0.2) is 5.38 Å². The SMILES string of the molecule is COC(=O)c1csc(C(Br)C(F)F)n1. The minimum Gasteiger partial charge on any atom is -0.464 e. The van der Waals surface area contributed by atoms with Crippen molar-refractivity contribution in [1.29, 1.82) is 0 Å². The molecular formula is C7H6BrF2NO2S. The van der Waals surface area contributed by atoms with Crippen molar-refractivity contribution in [2.75, 3.05) is 7.11 Å². The van der Waals surface area contributed by atoms with Crippen molar-refractivity contribution in [2.24, 2.45) is 0 Å². The lowest BCUT2D eigenvalue weighted by atomic mass is 10.4. The highest BCUT2D eigenvalue weighted by Gasteiger charge is 2.23. The van der Waals surface area contributed by atoms with E-state index in [-0.39, 0.29) is 10.7 Å². The van der Waals surface area contributed by atoms with Crippen LogP contribution in [0.3, 0.4) is 0 Å². The number of esters is 1. The molecule has 0 aliphatic carbocycles. The van der Waals surface area contributed by atoms with Crippen LogP contribution in [0.4, 0.5) is 8.78 Å². The minimum absolute atomic E-state index is 0.0533. The number of carbonyl (C=O) groups is 1. The molecule has 0 N–H and O–H groups in total. The van der Waals surface area contributed by atoms with E-state index >= 15 is 0 Å². The van der Waals surface area contributed by atoms with E-state index < -0.39 is 17.2 Å². The highest BCUT2D eigenvalue weighted by atomic mass is 79.9. The van der Waals surface area contributed by atoms with Crippen LogP contribution in [0.2, 0.25) is 0 Å². The van der Waals surface area contributed by atoms with Gasteiger partial charge in [0.15, 0.2) is 5.69 Å². The predicted molar refractivity (Wildman–Crippen MR) is 51.1 cm³/mol. The van der Waals surface area contributed by atoms with E-state index in [0.717, 1.165) is 11.3 Å². The Kier molecular flexibility index (Phi) is 3.94. The van der Waals surface area contributed by atoms with E-state index in [4.69, 9.17) is 0 Å². The van der Waals surface area contributed by atoms with E-state index in [0.29, 0.717) is 0 Å². The highest BCUT2D eigenvalue weighted by Crippen LogP contribution is 2.31. The third kappa shape index (κ3) is 2.48. The fourth-order valence-electron chi connectivity index (χ4n) is 0.720. The number of thiazole rings is 1. The average molecular weight is 286 g/mol. The Bertz CT molecular complexity index is 331. The number of nitrogens with zero attached hydrogens (tertiary/aromatic N) is 1. The standard InChI is InChI=1S/C7H6BrF2NO2S/c1-13-7(12)3-2-14-6(11-3)4(8)5(9)10/h2,4-5H,1H3. The molecule has 0 aromatic carbocycles. The van der Waals surface area contributed by atoms with Gasteiger partial charge in [-0.05, 0) is 0 Å². The molecule has 78 valence electrons. The minimum atomic E-state index is -2.55. The van der Waals surface area contributed by atoms with Gasteiger partial charge in [-0.3, -0.25) is 0 Å². The van der Waals surface area contributed by atoms with Gasteiger partial charge in [0, 0.05) is 5.38 Å². The first-order chi connectivity index (χ1) is 6.56. The number of hydrogen-bond donors (Lipinski definition) is 0. The maximum Gasteiger partial charge on any atom is 0.357 e. The number of aromatic nitrogens is 1. The molecule has 1 unspecified atom stereocenters. The van der Waals surface area contributed by atoms with Crippen molar-refractivity contribution in [3.63, 3.8) is 0 Å². The Labute approximate surface area is 91.2 Å². The van der Waals surface area contributed by atoms with Gasteiger partial charge in [-0.15, -0.1) is 11.3 Å². The molecule has 0 amide bonds. The van der Waals surface area contributed by atoms with Crippen LogP contribution in [0.5, 0.6) is 0 Å². The van der Waals surface area contributed by atoms with E-state index in [9.17, 15) is 13.6 Å². The summed E-state index contributed by atoms with van der Waals surface area (Å²) in [4.78, 5) is 13.5. The summed E-state index contributed by atoms with van der Waals surface area (Å²) in [7, 11) is 1.21. The summed E-state index contributed by atoms with van der Waals surface area (Å²) in [5, 5.41) is 1.55. The van der Waals surface area contributed by atoms with Gasteiger partial charge in [-0.25, -0.2) is 18.6 Å². The lowest BCUT2D eigenvalue weighted by Crippen LogP contribution is -2.04. The van der Waals surface area contributed by atoms with Crippen LogP contribution >= 0.6 is 27.3 Å². The zero-order valence-corrected chi connectivity index (χ0v) is 9.44. The third-order valence-corrected chi connectivity index (χ3v) is 3.44. The number of carbonyl (C=O) groups excluding carboxylic acids is 1. The smallest absolute Gasteiger partial charge is 0.357 e. The van der Waals surface area contributed by atoms with Crippen molar-refractivity contribution < 1.29 is 18.3 Å². The summed E-state index contributed by atoms with van der Waals surface area (Å²) in [6.45, 7) is 0. The van der Waals surface area contributed by atoms with Crippen molar-refractivity contribution in [1.82, 2.24) is 4.98 Å². The van der Waals surface area contributed by atoms with E-state index in [1.54, 1.807) is 0 Å². The Morgan fingerprint density at radius 1 is 1.71 bits per heavy atom. The number of alkyl halides is 3. The van der Waals surface area contributed by atoms with Crippen LogP contribution in [0, 0.1) is 0 Å². The highest BCUT2D eigenvalue weighted by molar-refractivity contribution is 9.09. The van der Waals surface area contributed by atoms with Crippen molar-refractivity contribution >= 4 is 33.2 Å². The molecule has 1 rings (SSSR count). The molecule has 0 saturated carbocycles. The van der Waals surface area contributed by atoms with Gasteiger partial charge in [0.25, 0.3) is 6.43 Å². The maximum atomic E-state index is 12.2. The van der Waals surface area contributed by atoms with E-state index in [2.05, 4.69) is 25.7 Å². The van der Waals surface area contributed by atoms with Crippen LogP contribution in [-0.4, -0.2) is 24.5 Å². The Balaban J connectivity index is 2.82. The third-order valence-electron chi connectivity index (χ3n) is 1.37. The summed E-state index contributed by atoms with van der Waals surface area (Å²) in [6.07, 6.45) is -2.55. The van der Waals surface area contributed by atoms with E-state index in [1.165, 1.54) is 12.5 Å². The molecule has 0 fully saturated rings. The number of hydrogen-bond acceptors (Lipinski definition) is 4. The Morgan fingerprint density at radius 3 is 2.86 bits per heavy atom. The maximum absolute atomic E-state index is 12.2. The normalized spacial score (nSPS) is 12.9. The van der Waals surface area contributed by atoms with Gasteiger partial charge in [-0.1, -0.05) is 15.9 Å². The van der Waals surface area contributed by atoms with Gasteiger partial charge in [-0.2, -0.15) is 0 Å². The number of rotatable bonds is 3. The first-order valence-electron chi connectivity index (χ1n) is 3.52. The summed E-state index contributed by atoms with van der Waals surface area (Å²) in [5.74, 6) is -0.624. The van der Waals surface area contributed by atoms with Crippen molar-refractivity contribution in [2.45, 2.75) is 11.3 Å². The lowest BCUT2D eigenvalue weighted by molar-refractivity contribution is 0.0594. The molecule has 1 aromatic heterocycles. The predicted octanol–water partition coefficient (Wildman–Crippen LogP) is 2.63. The summed E-state index contributed by atoms with van der Waals surface area (Å²) >= 11 is 3.77. The molecule has 14 heavy (non-hydrogen) atoms. The van der Waals surface area contributed by atoms with Crippen molar-refractivity contribution in [3.8, 4) is 0 Å². The van der Waals surface area contributed by atoms with Gasteiger partial charge < -0.3 is 4.74 Å². The molecule has 0 spiro atoms. The van der Waals surface area contributed by atoms with Crippen molar-refractivity contribution in [3.05, 3.63) is 16.1 Å². The topological polar surface area (TPSA) is 39.2 Å². The first kappa shape index (κ1) is 11.5. The lowest BCUT2D eigenvalue weighted by Gasteiger charge is -2.02. The number of methoxy groups -OCH3 is 1.